The third-order valence-corrected chi connectivity index (χ3v) is 4.34. The molecule has 0 saturated carbocycles. The summed E-state index contributed by atoms with van der Waals surface area (Å²) in [6.07, 6.45) is 0. The van der Waals surface area contributed by atoms with Crippen molar-refractivity contribution in [1.82, 2.24) is 0 Å². The standard InChI is InChI=1S/C22H24N2O/c1-4-24(17-10-8-9-16(3)15-17)22(23)20-13-14-21(25-5-2)19-12-7-6-11-18(19)20/h6-15,23H,4-5H2,1-3H3. The maximum Gasteiger partial charge on any atom is 0.133 e. The van der Waals surface area contributed by atoms with E-state index in [9.17, 15) is 0 Å². The molecule has 3 rings (SSSR count). The fourth-order valence-electron chi connectivity index (χ4n) is 3.17. The van der Waals surface area contributed by atoms with Crippen molar-refractivity contribution in [2.75, 3.05) is 18.1 Å². The molecule has 0 aliphatic carbocycles. The van der Waals surface area contributed by atoms with Gasteiger partial charge in [0.2, 0.25) is 0 Å². The fourth-order valence-corrected chi connectivity index (χ4v) is 3.17. The van der Waals surface area contributed by atoms with E-state index in [2.05, 4.69) is 44.2 Å². The Morgan fingerprint density at radius 3 is 2.40 bits per heavy atom. The van der Waals surface area contributed by atoms with E-state index in [1.54, 1.807) is 0 Å². The molecule has 3 nitrogen and oxygen atoms in total. The van der Waals surface area contributed by atoms with Gasteiger partial charge in [-0.2, -0.15) is 0 Å². The summed E-state index contributed by atoms with van der Waals surface area (Å²) in [7, 11) is 0. The van der Waals surface area contributed by atoms with Crippen LogP contribution in [0.4, 0.5) is 5.69 Å². The van der Waals surface area contributed by atoms with Crippen molar-refractivity contribution in [1.29, 1.82) is 5.41 Å². The molecule has 0 atom stereocenters. The van der Waals surface area contributed by atoms with Crippen LogP contribution >= 0.6 is 0 Å². The van der Waals surface area contributed by atoms with Gasteiger partial charge in [-0.15, -0.1) is 0 Å². The minimum absolute atomic E-state index is 0.507. The number of amidine groups is 1. The Bertz CT molecular complexity index is 901. The molecule has 1 N–H and O–H groups in total. The number of nitrogens with one attached hydrogen (secondary N) is 1. The van der Waals surface area contributed by atoms with Gasteiger partial charge in [0.1, 0.15) is 11.6 Å². The smallest absolute Gasteiger partial charge is 0.133 e. The second-order valence-electron chi connectivity index (χ2n) is 6.02. The molecular formula is C22H24N2O. The van der Waals surface area contributed by atoms with Crippen molar-refractivity contribution in [3.05, 3.63) is 71.8 Å². The predicted molar refractivity (Wildman–Crippen MR) is 106 cm³/mol. The van der Waals surface area contributed by atoms with Crippen LogP contribution in [0.5, 0.6) is 5.75 Å². The van der Waals surface area contributed by atoms with Gasteiger partial charge in [0.25, 0.3) is 0 Å². The van der Waals surface area contributed by atoms with Crippen LogP contribution in [0.1, 0.15) is 25.0 Å². The van der Waals surface area contributed by atoms with Crippen LogP contribution in [0.2, 0.25) is 0 Å². The summed E-state index contributed by atoms with van der Waals surface area (Å²) in [5.41, 5.74) is 3.16. The number of hydrogen-bond acceptors (Lipinski definition) is 2. The summed E-state index contributed by atoms with van der Waals surface area (Å²) in [4.78, 5) is 2.04. The van der Waals surface area contributed by atoms with Gasteiger partial charge in [-0.05, 0) is 56.0 Å². The Morgan fingerprint density at radius 2 is 1.72 bits per heavy atom. The van der Waals surface area contributed by atoms with Crippen LogP contribution in [0.15, 0.2) is 60.7 Å². The first kappa shape index (κ1) is 17.0. The normalized spacial score (nSPS) is 10.7. The molecule has 0 amide bonds. The lowest BCUT2D eigenvalue weighted by molar-refractivity contribution is 0.344. The van der Waals surface area contributed by atoms with Crippen molar-refractivity contribution in [3.63, 3.8) is 0 Å². The van der Waals surface area contributed by atoms with Crippen molar-refractivity contribution < 1.29 is 4.74 Å². The molecule has 0 fully saturated rings. The van der Waals surface area contributed by atoms with Gasteiger partial charge in [-0.3, -0.25) is 5.41 Å². The van der Waals surface area contributed by atoms with E-state index in [0.29, 0.717) is 12.4 Å². The summed E-state index contributed by atoms with van der Waals surface area (Å²) in [6, 6.07) is 20.4. The van der Waals surface area contributed by atoms with Crippen molar-refractivity contribution >= 4 is 22.3 Å². The molecule has 0 aromatic heterocycles. The lowest BCUT2D eigenvalue weighted by Gasteiger charge is -2.25. The van der Waals surface area contributed by atoms with E-state index >= 15 is 0 Å². The SMILES string of the molecule is CCOc1ccc(C(=N)N(CC)c2cccc(C)c2)c2ccccc12. The first-order valence-electron chi connectivity index (χ1n) is 8.73. The molecule has 0 unspecified atom stereocenters. The third-order valence-electron chi connectivity index (χ3n) is 4.34. The molecule has 0 bridgehead atoms. The first-order valence-corrected chi connectivity index (χ1v) is 8.73. The van der Waals surface area contributed by atoms with Gasteiger partial charge in [0.15, 0.2) is 0 Å². The van der Waals surface area contributed by atoms with Crippen LogP contribution in [-0.2, 0) is 0 Å². The average molecular weight is 332 g/mol. The Morgan fingerprint density at radius 1 is 0.960 bits per heavy atom. The van der Waals surface area contributed by atoms with Gasteiger partial charge in [0.05, 0.1) is 6.61 Å². The van der Waals surface area contributed by atoms with Crippen LogP contribution in [-0.4, -0.2) is 19.0 Å². The summed E-state index contributed by atoms with van der Waals surface area (Å²) in [5, 5.41) is 10.9. The van der Waals surface area contributed by atoms with Crippen LogP contribution in [0, 0.1) is 12.3 Å². The highest BCUT2D eigenvalue weighted by Gasteiger charge is 2.16. The summed E-state index contributed by atoms with van der Waals surface area (Å²) in [6.45, 7) is 7.51. The van der Waals surface area contributed by atoms with Gasteiger partial charge >= 0.3 is 0 Å². The van der Waals surface area contributed by atoms with Crippen LogP contribution in [0.3, 0.4) is 0 Å². The summed E-state index contributed by atoms with van der Waals surface area (Å²) in [5.74, 6) is 1.38. The molecule has 0 heterocycles. The molecule has 0 aliphatic rings. The van der Waals surface area contributed by atoms with Crippen molar-refractivity contribution in [2.24, 2.45) is 0 Å². The Hall–Kier alpha value is -2.81. The summed E-state index contributed by atoms with van der Waals surface area (Å²) >= 11 is 0. The number of rotatable bonds is 5. The molecule has 0 aliphatic heterocycles. The third kappa shape index (κ3) is 3.36. The van der Waals surface area contributed by atoms with E-state index in [1.807, 2.05) is 42.2 Å². The number of aryl methyl sites for hydroxylation is 1. The van der Waals surface area contributed by atoms with E-state index in [-0.39, 0.29) is 0 Å². The monoisotopic (exact) mass is 332 g/mol. The number of nitrogens with zero attached hydrogens (tertiary/aromatic N) is 1. The van der Waals surface area contributed by atoms with E-state index in [4.69, 9.17) is 10.1 Å². The lowest BCUT2D eigenvalue weighted by atomic mass is 10.0. The molecule has 0 saturated heterocycles. The lowest BCUT2D eigenvalue weighted by Crippen LogP contribution is -2.30. The highest BCUT2D eigenvalue weighted by Crippen LogP contribution is 2.30. The topological polar surface area (TPSA) is 36.3 Å². The molecule has 3 heteroatoms. The molecule has 3 aromatic rings. The van der Waals surface area contributed by atoms with E-state index < -0.39 is 0 Å². The number of fused-ring (bicyclic) bond motifs is 1. The van der Waals surface area contributed by atoms with Crippen molar-refractivity contribution in [3.8, 4) is 5.75 Å². The highest BCUT2D eigenvalue weighted by atomic mass is 16.5. The Labute approximate surface area is 149 Å². The zero-order valence-corrected chi connectivity index (χ0v) is 15.0. The summed E-state index contributed by atoms with van der Waals surface area (Å²) < 4.78 is 5.76. The minimum atomic E-state index is 0.507. The minimum Gasteiger partial charge on any atom is -0.493 e. The first-order chi connectivity index (χ1) is 12.2. The van der Waals surface area contributed by atoms with Gasteiger partial charge < -0.3 is 9.64 Å². The zero-order chi connectivity index (χ0) is 17.8. The second-order valence-corrected chi connectivity index (χ2v) is 6.02. The van der Waals surface area contributed by atoms with Crippen LogP contribution in [0.25, 0.3) is 10.8 Å². The molecule has 3 aromatic carbocycles. The number of anilines is 1. The maximum absolute atomic E-state index is 8.83. The highest BCUT2D eigenvalue weighted by molar-refractivity contribution is 6.16. The van der Waals surface area contributed by atoms with Gasteiger partial charge in [0, 0.05) is 23.2 Å². The zero-order valence-electron chi connectivity index (χ0n) is 15.0. The Kier molecular flexibility index (Phi) is 5.03. The van der Waals surface area contributed by atoms with Gasteiger partial charge in [-0.1, -0.05) is 36.4 Å². The maximum atomic E-state index is 8.83. The molecule has 25 heavy (non-hydrogen) atoms. The molecular weight excluding hydrogens is 308 g/mol. The van der Waals surface area contributed by atoms with Gasteiger partial charge in [-0.25, -0.2) is 0 Å². The number of benzene rings is 3. The largest absolute Gasteiger partial charge is 0.493 e. The Balaban J connectivity index is 2.09. The molecule has 0 radical (unpaired) electrons. The van der Waals surface area contributed by atoms with Crippen molar-refractivity contribution in [2.45, 2.75) is 20.8 Å². The van der Waals surface area contributed by atoms with Crippen LogP contribution < -0.4 is 9.64 Å². The fraction of sp³-hybridized carbons (Fsp3) is 0.227. The predicted octanol–water partition coefficient (Wildman–Crippen LogP) is 5.40. The van der Waals surface area contributed by atoms with E-state index in [0.717, 1.165) is 34.3 Å². The van der Waals surface area contributed by atoms with E-state index in [1.165, 1.54) is 5.56 Å². The molecule has 0 spiro atoms. The number of hydrogen-bond donors (Lipinski definition) is 1. The number of ether oxygens (including phenoxy) is 1. The quantitative estimate of drug-likeness (QED) is 0.502. The molecule has 128 valence electrons. The average Bonchev–Trinajstić information content (AvgIpc) is 2.63. The second kappa shape index (κ2) is 7.39.